The van der Waals surface area contributed by atoms with Crippen molar-refractivity contribution in [2.75, 3.05) is 38.1 Å². The van der Waals surface area contributed by atoms with Crippen molar-refractivity contribution >= 4 is 27.4 Å². The van der Waals surface area contributed by atoms with Crippen LogP contribution in [0.25, 0.3) is 0 Å². The van der Waals surface area contributed by atoms with Gasteiger partial charge in [-0.05, 0) is 37.7 Å². The summed E-state index contributed by atoms with van der Waals surface area (Å²) in [5, 5.41) is 0. The number of benzene rings is 1. The number of Topliss-reactive ketones (excluding diaryl/α,β-unsaturated/α-hetero) is 1. The minimum absolute atomic E-state index is 0.0676. The van der Waals surface area contributed by atoms with Crippen LogP contribution in [0.2, 0.25) is 0 Å². The molecule has 1 saturated heterocycles. The molecule has 1 aromatic carbocycles. The van der Waals surface area contributed by atoms with Gasteiger partial charge in [-0.3, -0.25) is 4.79 Å². The number of hydrogen-bond donors (Lipinski definition) is 0. The summed E-state index contributed by atoms with van der Waals surface area (Å²) in [5.41, 5.74) is 2.01. The maximum atomic E-state index is 12.0. The first kappa shape index (κ1) is 14.5. The fourth-order valence-corrected chi connectivity index (χ4v) is 2.53. The van der Waals surface area contributed by atoms with Crippen LogP contribution in [0.1, 0.15) is 23.7 Å². The lowest BCUT2D eigenvalue weighted by molar-refractivity contribution is 0.0990. The van der Waals surface area contributed by atoms with E-state index in [1.54, 1.807) is 0 Å². The van der Waals surface area contributed by atoms with Gasteiger partial charge in [-0.25, -0.2) is 0 Å². The molecule has 1 aromatic rings. The Labute approximate surface area is 123 Å². The molecule has 1 unspecified atom stereocenters. The molecule has 0 amide bonds. The van der Waals surface area contributed by atoms with Gasteiger partial charge in [-0.1, -0.05) is 22.9 Å². The SMILES string of the molecule is CCC(Br)C(=O)c1ccc(N2CCN(C)CC2)cc1. The Hall–Kier alpha value is -0.870. The van der Waals surface area contributed by atoms with E-state index < -0.39 is 0 Å². The molecule has 0 N–H and O–H groups in total. The Kier molecular flexibility index (Phi) is 4.99. The third-order valence-corrected chi connectivity index (χ3v) is 4.73. The molecule has 19 heavy (non-hydrogen) atoms. The van der Waals surface area contributed by atoms with Gasteiger partial charge >= 0.3 is 0 Å². The second-order valence-electron chi connectivity index (χ2n) is 5.08. The molecule has 1 atom stereocenters. The molecule has 1 aliphatic heterocycles. The molecule has 1 fully saturated rings. The first-order chi connectivity index (χ1) is 9.11. The van der Waals surface area contributed by atoms with Crippen LogP contribution in [0.3, 0.4) is 0 Å². The Morgan fingerprint density at radius 1 is 1.21 bits per heavy atom. The number of anilines is 1. The second kappa shape index (κ2) is 6.53. The van der Waals surface area contributed by atoms with E-state index in [2.05, 4.69) is 44.9 Å². The molecular weight excluding hydrogens is 304 g/mol. The van der Waals surface area contributed by atoms with Gasteiger partial charge < -0.3 is 9.80 Å². The fraction of sp³-hybridized carbons (Fsp3) is 0.533. The molecule has 0 radical (unpaired) electrons. The maximum absolute atomic E-state index is 12.0. The van der Waals surface area contributed by atoms with Crippen LogP contribution in [-0.2, 0) is 0 Å². The van der Waals surface area contributed by atoms with E-state index in [9.17, 15) is 4.79 Å². The van der Waals surface area contributed by atoms with E-state index >= 15 is 0 Å². The van der Waals surface area contributed by atoms with Gasteiger partial charge in [0.15, 0.2) is 5.78 Å². The highest BCUT2D eigenvalue weighted by atomic mass is 79.9. The van der Waals surface area contributed by atoms with E-state index in [1.807, 2.05) is 19.1 Å². The number of halogens is 1. The molecule has 1 aliphatic rings. The zero-order chi connectivity index (χ0) is 13.8. The Morgan fingerprint density at radius 2 is 1.79 bits per heavy atom. The molecule has 4 heteroatoms. The Balaban J connectivity index is 2.04. The van der Waals surface area contributed by atoms with Crippen LogP contribution in [0, 0.1) is 0 Å². The third-order valence-electron chi connectivity index (χ3n) is 3.66. The highest BCUT2D eigenvalue weighted by molar-refractivity contribution is 9.10. The normalized spacial score (nSPS) is 18.4. The van der Waals surface area contributed by atoms with Crippen molar-refractivity contribution in [1.82, 2.24) is 4.90 Å². The lowest BCUT2D eigenvalue weighted by Crippen LogP contribution is -2.44. The summed E-state index contributed by atoms with van der Waals surface area (Å²) in [6.45, 7) is 6.32. The monoisotopic (exact) mass is 324 g/mol. The number of carbonyl (C=O) groups is 1. The van der Waals surface area contributed by atoms with E-state index in [1.165, 1.54) is 5.69 Å². The van der Waals surface area contributed by atoms with Gasteiger partial charge in [0.2, 0.25) is 0 Å². The van der Waals surface area contributed by atoms with E-state index in [4.69, 9.17) is 0 Å². The number of rotatable bonds is 4. The lowest BCUT2D eigenvalue weighted by atomic mass is 10.1. The molecule has 0 saturated carbocycles. The van der Waals surface area contributed by atoms with Crippen LogP contribution in [0.4, 0.5) is 5.69 Å². The summed E-state index contributed by atoms with van der Waals surface area (Å²) in [4.78, 5) is 16.7. The summed E-state index contributed by atoms with van der Waals surface area (Å²) >= 11 is 3.42. The van der Waals surface area contributed by atoms with Gasteiger partial charge in [0, 0.05) is 37.4 Å². The first-order valence-electron chi connectivity index (χ1n) is 6.83. The zero-order valence-corrected chi connectivity index (χ0v) is 13.2. The van der Waals surface area contributed by atoms with Gasteiger partial charge in [0.25, 0.3) is 0 Å². The Morgan fingerprint density at radius 3 is 2.32 bits per heavy atom. The van der Waals surface area contributed by atoms with Gasteiger partial charge in [0.1, 0.15) is 0 Å². The molecule has 2 rings (SSSR count). The highest BCUT2D eigenvalue weighted by Crippen LogP contribution is 2.19. The average molecular weight is 325 g/mol. The summed E-state index contributed by atoms with van der Waals surface area (Å²) in [7, 11) is 2.15. The van der Waals surface area contributed by atoms with Crippen molar-refractivity contribution in [1.29, 1.82) is 0 Å². The minimum Gasteiger partial charge on any atom is -0.369 e. The third kappa shape index (κ3) is 3.57. The van der Waals surface area contributed by atoms with Crippen LogP contribution >= 0.6 is 15.9 Å². The van der Waals surface area contributed by atoms with Crippen molar-refractivity contribution in [3.05, 3.63) is 29.8 Å². The topological polar surface area (TPSA) is 23.6 Å². The number of hydrogen-bond acceptors (Lipinski definition) is 3. The van der Waals surface area contributed by atoms with Crippen LogP contribution in [0.5, 0.6) is 0 Å². The van der Waals surface area contributed by atoms with Crippen molar-refractivity contribution in [2.45, 2.75) is 18.2 Å². The van der Waals surface area contributed by atoms with Crippen LogP contribution in [0.15, 0.2) is 24.3 Å². The first-order valence-corrected chi connectivity index (χ1v) is 7.75. The summed E-state index contributed by atoms with van der Waals surface area (Å²) < 4.78 is 0. The standard InChI is InChI=1S/C15H21BrN2O/c1-3-14(16)15(19)12-4-6-13(7-5-12)18-10-8-17(2)9-11-18/h4-7,14H,3,8-11H2,1-2H3. The van der Waals surface area contributed by atoms with Crippen molar-refractivity contribution in [3.8, 4) is 0 Å². The van der Waals surface area contributed by atoms with Gasteiger partial charge in [0.05, 0.1) is 4.83 Å². The van der Waals surface area contributed by atoms with Crippen molar-refractivity contribution in [3.63, 3.8) is 0 Å². The van der Waals surface area contributed by atoms with Crippen molar-refractivity contribution in [2.24, 2.45) is 0 Å². The number of carbonyl (C=O) groups excluding carboxylic acids is 1. The largest absolute Gasteiger partial charge is 0.369 e. The van der Waals surface area contributed by atoms with Crippen LogP contribution < -0.4 is 4.90 Å². The fourth-order valence-electron chi connectivity index (χ4n) is 2.27. The van der Waals surface area contributed by atoms with Crippen molar-refractivity contribution < 1.29 is 4.79 Å². The zero-order valence-electron chi connectivity index (χ0n) is 11.6. The minimum atomic E-state index is -0.0676. The van der Waals surface area contributed by atoms with E-state index in [0.717, 1.165) is 38.2 Å². The number of likely N-dealkylation sites (N-methyl/N-ethyl adjacent to an activating group) is 1. The molecule has 1 heterocycles. The van der Waals surface area contributed by atoms with Gasteiger partial charge in [-0.2, -0.15) is 0 Å². The van der Waals surface area contributed by atoms with E-state index in [-0.39, 0.29) is 10.6 Å². The average Bonchev–Trinajstić information content (AvgIpc) is 2.46. The molecular formula is C15H21BrN2O. The predicted molar refractivity (Wildman–Crippen MR) is 83.5 cm³/mol. The molecule has 0 bridgehead atoms. The number of nitrogens with zero attached hydrogens (tertiary/aromatic N) is 2. The smallest absolute Gasteiger partial charge is 0.176 e. The summed E-state index contributed by atoms with van der Waals surface area (Å²) in [6, 6.07) is 8.02. The Bertz CT molecular complexity index is 424. The number of ketones is 1. The molecule has 3 nitrogen and oxygen atoms in total. The summed E-state index contributed by atoms with van der Waals surface area (Å²) in [5.74, 6) is 0.174. The lowest BCUT2D eigenvalue weighted by Gasteiger charge is -2.34. The molecule has 0 aromatic heterocycles. The molecule has 0 spiro atoms. The number of alkyl halides is 1. The predicted octanol–water partition coefficient (Wildman–Crippen LogP) is 2.79. The van der Waals surface area contributed by atoms with E-state index in [0.29, 0.717) is 0 Å². The molecule has 0 aliphatic carbocycles. The van der Waals surface area contributed by atoms with Gasteiger partial charge in [-0.15, -0.1) is 0 Å². The second-order valence-corrected chi connectivity index (χ2v) is 6.18. The highest BCUT2D eigenvalue weighted by Gasteiger charge is 2.17. The van der Waals surface area contributed by atoms with Crippen LogP contribution in [-0.4, -0.2) is 48.7 Å². The quantitative estimate of drug-likeness (QED) is 0.628. The molecule has 104 valence electrons. The number of piperazine rings is 1. The maximum Gasteiger partial charge on any atom is 0.176 e. The summed E-state index contributed by atoms with van der Waals surface area (Å²) in [6.07, 6.45) is 0.818.